The lowest BCUT2D eigenvalue weighted by Crippen LogP contribution is -2.51. The molecule has 8 nitrogen and oxygen atoms in total. The lowest BCUT2D eigenvalue weighted by molar-refractivity contribution is -0.133. The number of amides is 1. The number of carbonyl (C=O) groups excluding carboxylic acids is 1. The molecule has 1 spiro atoms. The highest BCUT2D eigenvalue weighted by atomic mass is 32.2. The van der Waals surface area contributed by atoms with Gasteiger partial charge in [0.15, 0.2) is 0 Å². The van der Waals surface area contributed by atoms with E-state index in [9.17, 15) is 18.3 Å². The number of hydrogen-bond donors (Lipinski definition) is 2. The molecule has 2 aliphatic heterocycles. The van der Waals surface area contributed by atoms with Gasteiger partial charge in [-0.25, -0.2) is 13.1 Å². The maximum atomic E-state index is 13.1. The summed E-state index contributed by atoms with van der Waals surface area (Å²) in [6.07, 6.45) is 1.01. The Hall–Kier alpha value is -2.46. The highest BCUT2D eigenvalue weighted by Crippen LogP contribution is 2.36. The van der Waals surface area contributed by atoms with Gasteiger partial charge < -0.3 is 19.6 Å². The lowest BCUT2D eigenvalue weighted by atomic mass is 9.78. The van der Waals surface area contributed by atoms with E-state index in [1.807, 2.05) is 59.3 Å². The molecular weight excluding hydrogens is 490 g/mol. The Labute approximate surface area is 220 Å². The van der Waals surface area contributed by atoms with Crippen LogP contribution in [0.4, 0.5) is 0 Å². The third-order valence-corrected chi connectivity index (χ3v) is 8.93. The van der Waals surface area contributed by atoms with E-state index in [1.54, 1.807) is 6.07 Å². The van der Waals surface area contributed by atoms with Gasteiger partial charge in [-0.1, -0.05) is 50.2 Å². The topological polar surface area (TPSA) is 99.2 Å². The van der Waals surface area contributed by atoms with Gasteiger partial charge >= 0.3 is 0 Å². The normalized spacial score (nSPS) is 22.5. The molecule has 0 aliphatic carbocycles. The van der Waals surface area contributed by atoms with Gasteiger partial charge in [-0.3, -0.25) is 4.79 Å². The highest BCUT2D eigenvalue weighted by molar-refractivity contribution is 7.89. The quantitative estimate of drug-likeness (QED) is 0.634. The zero-order valence-electron chi connectivity index (χ0n) is 22.0. The molecule has 0 aromatic heterocycles. The summed E-state index contributed by atoms with van der Waals surface area (Å²) < 4.78 is 35.1. The first-order valence-corrected chi connectivity index (χ1v) is 14.5. The van der Waals surface area contributed by atoms with Crippen LogP contribution < -0.4 is 9.46 Å². The summed E-state index contributed by atoms with van der Waals surface area (Å²) in [4.78, 5) is 17.0. The van der Waals surface area contributed by atoms with Crippen LogP contribution >= 0.6 is 0 Å². The van der Waals surface area contributed by atoms with Crippen molar-refractivity contribution in [3.63, 3.8) is 0 Å². The number of carbonyl (C=O) groups is 1. The van der Waals surface area contributed by atoms with Crippen molar-refractivity contribution in [1.82, 2.24) is 14.5 Å². The van der Waals surface area contributed by atoms with E-state index in [0.29, 0.717) is 45.0 Å². The zero-order chi connectivity index (χ0) is 26.6. The molecule has 1 unspecified atom stereocenters. The molecule has 9 heteroatoms. The van der Waals surface area contributed by atoms with Crippen LogP contribution in [0.3, 0.4) is 0 Å². The van der Waals surface area contributed by atoms with Crippen LogP contribution in [0.15, 0.2) is 53.4 Å². The van der Waals surface area contributed by atoms with Crippen molar-refractivity contribution in [2.75, 3.05) is 46.4 Å². The van der Waals surface area contributed by atoms with Crippen molar-refractivity contribution in [2.24, 2.45) is 5.41 Å². The Morgan fingerprint density at radius 2 is 1.86 bits per heavy atom. The van der Waals surface area contributed by atoms with Crippen LogP contribution in [0, 0.1) is 5.41 Å². The van der Waals surface area contributed by atoms with Gasteiger partial charge in [-0.2, -0.15) is 0 Å². The fourth-order valence-corrected chi connectivity index (χ4v) is 6.45. The number of sulfonamides is 1. The van der Waals surface area contributed by atoms with Crippen LogP contribution in [-0.2, 0) is 21.2 Å². The van der Waals surface area contributed by atoms with Crippen LogP contribution in [0.1, 0.15) is 43.7 Å². The van der Waals surface area contributed by atoms with Crippen molar-refractivity contribution in [1.29, 1.82) is 0 Å². The Morgan fingerprint density at radius 3 is 2.54 bits per heavy atom. The summed E-state index contributed by atoms with van der Waals surface area (Å²) in [5, 5.41) is 10.5. The molecule has 2 N–H and O–H groups in total. The molecule has 4 rings (SSSR count). The number of aliphatic hydroxyl groups excluding tert-OH is 1. The molecule has 2 aromatic rings. The average molecular weight is 530 g/mol. The Bertz CT molecular complexity index is 1180. The van der Waals surface area contributed by atoms with Crippen molar-refractivity contribution in [3.05, 3.63) is 59.7 Å². The SMILES string of the molecule is CC(C)c1ccc2c(c1)OCC1(CCN(C(=O)Cc3ccccc3)CC1)CN(C)CC(O)CNS2(=O)=O. The standard InChI is InChI=1S/C28H39N3O5S/c1-21(2)23-9-10-26-25(16-23)36-20-28(19-30(3)18-24(32)17-29-37(26,34)35)11-13-31(14-12-28)27(33)15-22-7-5-4-6-8-22/h4-10,16,21,24,29,32H,11-15,17-20H2,1-3H3. The van der Waals surface area contributed by atoms with E-state index in [1.165, 1.54) is 0 Å². The van der Waals surface area contributed by atoms with Gasteiger partial charge in [-0.05, 0) is 49.1 Å². The molecule has 37 heavy (non-hydrogen) atoms. The number of rotatable bonds is 3. The van der Waals surface area contributed by atoms with Crippen molar-refractivity contribution in [2.45, 2.75) is 50.0 Å². The molecule has 0 saturated carbocycles. The Balaban J connectivity index is 1.56. The van der Waals surface area contributed by atoms with Crippen molar-refractivity contribution >= 4 is 15.9 Å². The number of nitrogens with zero attached hydrogens (tertiary/aromatic N) is 2. The number of ether oxygens (including phenoxy) is 1. The molecule has 1 amide bonds. The molecule has 1 saturated heterocycles. The number of benzene rings is 2. The van der Waals surface area contributed by atoms with E-state index in [4.69, 9.17) is 4.74 Å². The first kappa shape index (κ1) is 27.6. The third kappa shape index (κ3) is 6.90. The van der Waals surface area contributed by atoms with E-state index in [2.05, 4.69) is 18.6 Å². The molecule has 0 radical (unpaired) electrons. The maximum absolute atomic E-state index is 13.1. The summed E-state index contributed by atoms with van der Waals surface area (Å²) in [5.74, 6) is 0.660. The minimum absolute atomic E-state index is 0.0766. The molecule has 2 aromatic carbocycles. The number of β-amino-alcohol motifs (C(OH)–C–C–N with tert-alkyl or cyclic N) is 1. The molecule has 1 atom stereocenters. The van der Waals surface area contributed by atoms with Gasteiger partial charge in [0.05, 0.1) is 19.1 Å². The highest BCUT2D eigenvalue weighted by Gasteiger charge is 2.39. The molecule has 0 bridgehead atoms. The predicted octanol–water partition coefficient (Wildman–Crippen LogP) is 2.62. The third-order valence-electron chi connectivity index (χ3n) is 7.47. The zero-order valence-corrected chi connectivity index (χ0v) is 22.8. The van der Waals surface area contributed by atoms with Crippen LogP contribution in [0.5, 0.6) is 5.75 Å². The smallest absolute Gasteiger partial charge is 0.244 e. The minimum Gasteiger partial charge on any atom is -0.492 e. The van der Waals surface area contributed by atoms with E-state index in [-0.39, 0.29) is 28.7 Å². The summed E-state index contributed by atoms with van der Waals surface area (Å²) >= 11 is 0. The second kappa shape index (κ2) is 11.5. The van der Waals surface area contributed by atoms with Crippen LogP contribution in [-0.4, -0.2) is 81.7 Å². The monoisotopic (exact) mass is 529 g/mol. The number of aliphatic hydroxyl groups is 1. The van der Waals surface area contributed by atoms with E-state index < -0.39 is 16.1 Å². The van der Waals surface area contributed by atoms with E-state index in [0.717, 1.165) is 24.0 Å². The molecule has 2 aliphatic rings. The van der Waals surface area contributed by atoms with E-state index >= 15 is 0 Å². The van der Waals surface area contributed by atoms with Gasteiger partial charge in [0.25, 0.3) is 0 Å². The number of hydrogen-bond acceptors (Lipinski definition) is 6. The predicted molar refractivity (Wildman–Crippen MR) is 143 cm³/mol. The van der Waals surface area contributed by atoms with Crippen LogP contribution in [0.2, 0.25) is 0 Å². The maximum Gasteiger partial charge on any atom is 0.244 e. The van der Waals surface area contributed by atoms with Crippen molar-refractivity contribution in [3.8, 4) is 5.75 Å². The molecule has 2 heterocycles. The first-order chi connectivity index (χ1) is 17.6. The number of likely N-dealkylation sites (tertiary alicyclic amines) is 1. The minimum atomic E-state index is -3.86. The van der Waals surface area contributed by atoms with Gasteiger partial charge in [0, 0.05) is 38.1 Å². The molecule has 202 valence electrons. The van der Waals surface area contributed by atoms with Gasteiger partial charge in [0.1, 0.15) is 10.6 Å². The number of likely N-dealkylation sites (N-methyl/N-ethyl adjacent to an activating group) is 1. The Morgan fingerprint density at radius 1 is 1.16 bits per heavy atom. The fraction of sp³-hybridized carbons (Fsp3) is 0.536. The second-order valence-electron chi connectivity index (χ2n) is 10.9. The largest absolute Gasteiger partial charge is 0.492 e. The summed E-state index contributed by atoms with van der Waals surface area (Å²) in [5.41, 5.74) is 1.72. The van der Waals surface area contributed by atoms with Crippen LogP contribution in [0.25, 0.3) is 0 Å². The number of fused-ring (bicyclic) bond motifs is 1. The summed E-state index contributed by atoms with van der Waals surface area (Å²) in [6.45, 7) is 6.61. The molecular formula is C28H39N3O5S. The van der Waals surface area contributed by atoms with Gasteiger partial charge in [-0.15, -0.1) is 0 Å². The van der Waals surface area contributed by atoms with Crippen molar-refractivity contribution < 1.29 is 23.1 Å². The summed E-state index contributed by atoms with van der Waals surface area (Å²) in [6, 6.07) is 15.0. The first-order valence-electron chi connectivity index (χ1n) is 13.0. The average Bonchev–Trinajstić information content (AvgIpc) is 2.86. The molecule has 1 fully saturated rings. The fourth-order valence-electron chi connectivity index (χ4n) is 5.26. The van der Waals surface area contributed by atoms with Gasteiger partial charge in [0.2, 0.25) is 15.9 Å². The number of nitrogens with one attached hydrogen (secondary N) is 1. The second-order valence-corrected chi connectivity index (χ2v) is 12.6. The number of piperidine rings is 1. The summed E-state index contributed by atoms with van der Waals surface area (Å²) in [7, 11) is -1.93. The lowest BCUT2D eigenvalue weighted by Gasteiger charge is -2.44. The Kier molecular flexibility index (Phi) is 8.58.